The Bertz CT molecular complexity index is 990. The molecule has 9 heteroatoms. The molecule has 2 aromatic carbocycles. The minimum absolute atomic E-state index is 0.154. The van der Waals surface area contributed by atoms with E-state index in [1.165, 1.54) is 5.38 Å². The van der Waals surface area contributed by atoms with Crippen molar-refractivity contribution in [2.45, 2.75) is 0 Å². The molecule has 0 atom stereocenters. The number of hydrogen-bond donors (Lipinski definition) is 2. The third-order valence-corrected chi connectivity index (χ3v) is 4.81. The number of carbonyl (C=O) groups excluding carboxylic acids is 2. The summed E-state index contributed by atoms with van der Waals surface area (Å²) in [6, 6.07) is 11.4. The molecule has 0 aliphatic rings. The fourth-order valence-corrected chi connectivity index (χ4v) is 3.15. The topological polar surface area (TPSA) is 80.3 Å². The number of anilines is 2. The van der Waals surface area contributed by atoms with E-state index in [9.17, 15) is 9.59 Å². The van der Waals surface area contributed by atoms with Gasteiger partial charge in [0.15, 0.2) is 5.13 Å². The van der Waals surface area contributed by atoms with Crippen LogP contribution in [0.3, 0.4) is 0 Å². The summed E-state index contributed by atoms with van der Waals surface area (Å²) in [7, 11) is 1.55. The van der Waals surface area contributed by atoms with E-state index in [1.807, 2.05) is 0 Å². The maximum Gasteiger partial charge on any atom is 0.275 e. The average Bonchev–Trinajstić information content (AvgIpc) is 3.13. The SMILES string of the molecule is COc1ccc(C(=O)Nc2nc(C(=O)Nc3cc(Cl)ccc3Cl)cs2)cc1. The van der Waals surface area contributed by atoms with Crippen molar-refractivity contribution in [1.82, 2.24) is 4.98 Å². The smallest absolute Gasteiger partial charge is 0.275 e. The van der Waals surface area contributed by atoms with Crippen LogP contribution in [0.5, 0.6) is 5.75 Å². The number of hydrogen-bond acceptors (Lipinski definition) is 5. The van der Waals surface area contributed by atoms with Gasteiger partial charge in [-0.25, -0.2) is 4.98 Å². The van der Waals surface area contributed by atoms with E-state index in [0.717, 1.165) is 11.3 Å². The second-order valence-electron chi connectivity index (χ2n) is 5.30. The Morgan fingerprint density at radius 2 is 1.78 bits per heavy atom. The molecule has 1 heterocycles. The van der Waals surface area contributed by atoms with Gasteiger partial charge in [-0.3, -0.25) is 14.9 Å². The van der Waals surface area contributed by atoms with Crippen LogP contribution in [0.4, 0.5) is 10.8 Å². The molecule has 3 rings (SSSR count). The van der Waals surface area contributed by atoms with Gasteiger partial charge in [-0.2, -0.15) is 0 Å². The number of thiazole rings is 1. The summed E-state index contributed by atoms with van der Waals surface area (Å²) in [5, 5.41) is 7.94. The zero-order valence-corrected chi connectivity index (χ0v) is 16.3. The first kappa shape index (κ1) is 19.2. The quantitative estimate of drug-likeness (QED) is 0.609. The lowest BCUT2D eigenvalue weighted by Gasteiger charge is -2.06. The Labute approximate surface area is 169 Å². The summed E-state index contributed by atoms with van der Waals surface area (Å²) in [6.45, 7) is 0. The summed E-state index contributed by atoms with van der Waals surface area (Å²) < 4.78 is 5.06. The number of amides is 2. The van der Waals surface area contributed by atoms with Gasteiger partial charge in [0, 0.05) is 16.0 Å². The van der Waals surface area contributed by atoms with Gasteiger partial charge in [0.1, 0.15) is 11.4 Å². The first-order chi connectivity index (χ1) is 13.0. The van der Waals surface area contributed by atoms with Gasteiger partial charge in [-0.05, 0) is 42.5 Å². The molecule has 0 saturated carbocycles. The van der Waals surface area contributed by atoms with Crippen molar-refractivity contribution in [2.24, 2.45) is 0 Å². The molecule has 0 radical (unpaired) electrons. The first-order valence-corrected chi connectivity index (χ1v) is 9.27. The van der Waals surface area contributed by atoms with Crippen LogP contribution in [0, 0.1) is 0 Å². The lowest BCUT2D eigenvalue weighted by molar-refractivity contribution is 0.101. The van der Waals surface area contributed by atoms with Crippen LogP contribution < -0.4 is 15.4 Å². The van der Waals surface area contributed by atoms with Crippen LogP contribution in [0.1, 0.15) is 20.8 Å². The Balaban J connectivity index is 1.67. The highest BCUT2D eigenvalue weighted by atomic mass is 35.5. The molecule has 0 bridgehead atoms. The molecule has 0 fully saturated rings. The van der Waals surface area contributed by atoms with Gasteiger partial charge >= 0.3 is 0 Å². The molecule has 3 aromatic rings. The molecule has 0 unspecified atom stereocenters. The molecule has 1 aromatic heterocycles. The van der Waals surface area contributed by atoms with Crippen molar-refractivity contribution in [3.05, 3.63) is 69.1 Å². The van der Waals surface area contributed by atoms with E-state index in [2.05, 4.69) is 15.6 Å². The summed E-state index contributed by atoms with van der Waals surface area (Å²) in [5.41, 5.74) is 0.981. The summed E-state index contributed by atoms with van der Waals surface area (Å²) in [6.07, 6.45) is 0. The average molecular weight is 422 g/mol. The lowest BCUT2D eigenvalue weighted by Crippen LogP contribution is -2.14. The molecule has 0 saturated heterocycles. The van der Waals surface area contributed by atoms with Gasteiger partial charge in [-0.1, -0.05) is 23.2 Å². The number of nitrogens with one attached hydrogen (secondary N) is 2. The number of carbonyl (C=O) groups is 2. The van der Waals surface area contributed by atoms with Crippen molar-refractivity contribution in [3.8, 4) is 5.75 Å². The number of ether oxygens (including phenoxy) is 1. The predicted molar refractivity (Wildman–Crippen MR) is 107 cm³/mol. The molecule has 6 nitrogen and oxygen atoms in total. The molecule has 2 amide bonds. The second-order valence-corrected chi connectivity index (χ2v) is 7.00. The van der Waals surface area contributed by atoms with Crippen LogP contribution in [-0.4, -0.2) is 23.9 Å². The lowest BCUT2D eigenvalue weighted by atomic mass is 10.2. The van der Waals surface area contributed by atoms with E-state index < -0.39 is 5.91 Å². The number of nitrogens with zero attached hydrogens (tertiary/aromatic N) is 1. The standard InChI is InChI=1S/C18H13Cl2N3O3S/c1-26-12-5-2-10(3-6-12)16(24)23-18-22-15(9-27-18)17(25)21-14-8-11(19)4-7-13(14)20/h2-9H,1H3,(H,21,25)(H,22,23,24). The van der Waals surface area contributed by atoms with E-state index in [1.54, 1.807) is 49.6 Å². The zero-order chi connectivity index (χ0) is 19.4. The summed E-state index contributed by atoms with van der Waals surface area (Å²) >= 11 is 13.1. The number of aromatic nitrogens is 1. The van der Waals surface area contributed by atoms with E-state index >= 15 is 0 Å². The van der Waals surface area contributed by atoms with Crippen LogP contribution in [0.2, 0.25) is 10.0 Å². The Morgan fingerprint density at radius 3 is 2.48 bits per heavy atom. The van der Waals surface area contributed by atoms with Gasteiger partial charge in [0.2, 0.25) is 0 Å². The molecular formula is C18H13Cl2N3O3S. The fourth-order valence-electron chi connectivity index (χ4n) is 2.13. The van der Waals surface area contributed by atoms with E-state index in [0.29, 0.717) is 32.2 Å². The van der Waals surface area contributed by atoms with Crippen LogP contribution >= 0.6 is 34.5 Å². The summed E-state index contributed by atoms with van der Waals surface area (Å²) in [5.74, 6) is -0.142. The Morgan fingerprint density at radius 1 is 1.04 bits per heavy atom. The summed E-state index contributed by atoms with van der Waals surface area (Å²) in [4.78, 5) is 28.7. The monoisotopic (exact) mass is 421 g/mol. The van der Waals surface area contributed by atoms with Gasteiger partial charge < -0.3 is 10.1 Å². The Hall–Kier alpha value is -2.61. The van der Waals surface area contributed by atoms with Crippen LogP contribution in [0.15, 0.2) is 47.8 Å². The predicted octanol–water partition coefficient (Wildman–Crippen LogP) is 4.96. The normalized spacial score (nSPS) is 10.3. The van der Waals surface area contributed by atoms with Crippen molar-refractivity contribution in [1.29, 1.82) is 0 Å². The highest BCUT2D eigenvalue weighted by Gasteiger charge is 2.15. The third kappa shape index (κ3) is 4.77. The molecule has 0 aliphatic carbocycles. The minimum Gasteiger partial charge on any atom is -0.497 e. The first-order valence-electron chi connectivity index (χ1n) is 7.63. The maximum absolute atomic E-state index is 12.3. The second kappa shape index (κ2) is 8.39. The van der Waals surface area contributed by atoms with Crippen molar-refractivity contribution < 1.29 is 14.3 Å². The van der Waals surface area contributed by atoms with E-state index in [4.69, 9.17) is 27.9 Å². The fraction of sp³-hybridized carbons (Fsp3) is 0.0556. The molecule has 27 heavy (non-hydrogen) atoms. The number of halogens is 2. The van der Waals surface area contributed by atoms with Crippen LogP contribution in [0.25, 0.3) is 0 Å². The van der Waals surface area contributed by atoms with Gasteiger partial charge in [0.25, 0.3) is 11.8 Å². The maximum atomic E-state index is 12.3. The highest BCUT2D eigenvalue weighted by Crippen LogP contribution is 2.26. The zero-order valence-electron chi connectivity index (χ0n) is 14.0. The highest BCUT2D eigenvalue weighted by molar-refractivity contribution is 7.14. The largest absolute Gasteiger partial charge is 0.497 e. The number of benzene rings is 2. The number of rotatable bonds is 5. The third-order valence-electron chi connectivity index (χ3n) is 3.49. The molecule has 2 N–H and O–H groups in total. The van der Waals surface area contributed by atoms with Crippen molar-refractivity contribution >= 4 is 57.2 Å². The number of methoxy groups -OCH3 is 1. The minimum atomic E-state index is -0.458. The molecule has 138 valence electrons. The Kier molecular flexibility index (Phi) is 5.95. The molecule has 0 spiro atoms. The van der Waals surface area contributed by atoms with Gasteiger partial charge in [-0.15, -0.1) is 11.3 Å². The van der Waals surface area contributed by atoms with Gasteiger partial charge in [0.05, 0.1) is 17.8 Å². The van der Waals surface area contributed by atoms with Crippen LogP contribution in [-0.2, 0) is 0 Å². The molecule has 0 aliphatic heterocycles. The molecular weight excluding hydrogens is 409 g/mol. The van der Waals surface area contributed by atoms with Crippen molar-refractivity contribution in [3.63, 3.8) is 0 Å². The van der Waals surface area contributed by atoms with E-state index in [-0.39, 0.29) is 11.6 Å². The van der Waals surface area contributed by atoms with Crippen molar-refractivity contribution in [2.75, 3.05) is 17.7 Å².